The number of esters is 1. The number of benzene rings is 1. The van der Waals surface area contributed by atoms with E-state index in [1.165, 1.54) is 18.2 Å². The highest BCUT2D eigenvalue weighted by Crippen LogP contribution is 2.23. The lowest BCUT2D eigenvalue weighted by molar-refractivity contribution is 0.0497. The fourth-order valence-electron chi connectivity index (χ4n) is 1.60. The van der Waals surface area contributed by atoms with E-state index in [1.54, 1.807) is 0 Å². The number of hydrogen-bond donors (Lipinski definition) is 0. The van der Waals surface area contributed by atoms with Crippen LogP contribution in [0.1, 0.15) is 43.0 Å². The van der Waals surface area contributed by atoms with Crippen LogP contribution in [0.4, 0.5) is 0 Å². The molecule has 0 aliphatic carbocycles. The molecule has 0 spiro atoms. The van der Waals surface area contributed by atoms with Crippen LogP contribution in [0.5, 0.6) is 0 Å². The molecule has 0 saturated heterocycles. The van der Waals surface area contributed by atoms with Gasteiger partial charge in [-0.15, -0.1) is 0 Å². The zero-order chi connectivity index (χ0) is 15.2. The van der Waals surface area contributed by atoms with Gasteiger partial charge >= 0.3 is 5.97 Å². The van der Waals surface area contributed by atoms with Gasteiger partial charge in [-0.2, -0.15) is 0 Å². The topological polar surface area (TPSA) is 60.4 Å². The zero-order valence-electron chi connectivity index (χ0n) is 11.1. The molecule has 20 heavy (non-hydrogen) atoms. The van der Waals surface area contributed by atoms with Gasteiger partial charge in [0.15, 0.2) is 0 Å². The predicted octanol–water partition coefficient (Wildman–Crippen LogP) is 4.11. The van der Waals surface area contributed by atoms with Gasteiger partial charge in [0.05, 0.1) is 17.1 Å². The molecule has 0 fully saturated rings. The van der Waals surface area contributed by atoms with Gasteiger partial charge in [0.25, 0.3) is 9.05 Å². The van der Waals surface area contributed by atoms with Crippen LogP contribution >= 0.6 is 26.6 Å². The van der Waals surface area contributed by atoms with Crippen LogP contribution in [0, 0.1) is 0 Å². The van der Waals surface area contributed by atoms with Gasteiger partial charge in [-0.3, -0.25) is 0 Å². The molecule has 1 aromatic rings. The zero-order valence-corrected chi connectivity index (χ0v) is 14.2. The van der Waals surface area contributed by atoms with Gasteiger partial charge in [0.1, 0.15) is 0 Å². The lowest BCUT2D eigenvalue weighted by Crippen LogP contribution is -2.07. The van der Waals surface area contributed by atoms with Crippen molar-refractivity contribution in [1.29, 1.82) is 0 Å². The van der Waals surface area contributed by atoms with Gasteiger partial charge in [-0.1, -0.05) is 42.1 Å². The summed E-state index contributed by atoms with van der Waals surface area (Å²) in [7, 11) is 1.39. The molecule has 7 heteroatoms. The summed E-state index contributed by atoms with van der Waals surface area (Å²) < 4.78 is 28.1. The fraction of sp³-hybridized carbons (Fsp3) is 0.462. The minimum absolute atomic E-state index is 0.133. The molecular formula is C13H16BrClO4S. The van der Waals surface area contributed by atoms with E-state index >= 15 is 0 Å². The quantitative estimate of drug-likeness (QED) is 0.404. The van der Waals surface area contributed by atoms with E-state index in [0.717, 1.165) is 25.7 Å². The molecule has 0 N–H and O–H groups in total. The highest BCUT2D eigenvalue weighted by Gasteiger charge is 2.16. The molecule has 0 saturated carbocycles. The van der Waals surface area contributed by atoms with Crippen molar-refractivity contribution in [1.82, 2.24) is 0 Å². The van der Waals surface area contributed by atoms with E-state index in [2.05, 4.69) is 22.9 Å². The molecule has 1 aromatic carbocycles. The average molecular weight is 384 g/mol. The molecule has 0 amide bonds. The first-order chi connectivity index (χ1) is 9.34. The number of halogens is 2. The largest absolute Gasteiger partial charge is 0.462 e. The van der Waals surface area contributed by atoms with E-state index in [0.29, 0.717) is 11.1 Å². The van der Waals surface area contributed by atoms with Crippen molar-refractivity contribution in [3.63, 3.8) is 0 Å². The molecule has 0 aliphatic heterocycles. The second-order valence-electron chi connectivity index (χ2n) is 4.31. The Balaban J connectivity index is 2.71. The first-order valence-electron chi connectivity index (χ1n) is 6.27. The third kappa shape index (κ3) is 5.81. The van der Waals surface area contributed by atoms with Gasteiger partial charge in [-0.05, 0) is 24.6 Å². The maximum absolute atomic E-state index is 11.8. The summed E-state index contributed by atoms with van der Waals surface area (Å²) in [6.45, 7) is 2.43. The van der Waals surface area contributed by atoms with Crippen LogP contribution in [0.15, 0.2) is 27.6 Å². The second kappa shape index (κ2) is 8.00. The lowest BCUT2D eigenvalue weighted by Gasteiger charge is -2.06. The minimum atomic E-state index is -3.88. The third-order valence-electron chi connectivity index (χ3n) is 2.62. The molecule has 0 heterocycles. The smallest absolute Gasteiger partial charge is 0.338 e. The molecule has 112 valence electrons. The van der Waals surface area contributed by atoms with Gasteiger partial charge in [0, 0.05) is 15.2 Å². The van der Waals surface area contributed by atoms with Crippen LogP contribution in [0.25, 0.3) is 0 Å². The van der Waals surface area contributed by atoms with Crippen molar-refractivity contribution < 1.29 is 17.9 Å². The Morgan fingerprint density at radius 3 is 2.55 bits per heavy atom. The standard InChI is InChI=1S/C13H16BrClO4S/c1-2-3-4-5-6-19-13(16)10-7-11(14)9-12(8-10)20(15,17)18/h7-9H,2-6H2,1H3. The number of hydrogen-bond acceptors (Lipinski definition) is 4. The molecule has 0 aliphatic rings. The van der Waals surface area contributed by atoms with E-state index in [9.17, 15) is 13.2 Å². The lowest BCUT2D eigenvalue weighted by atomic mass is 10.2. The van der Waals surface area contributed by atoms with Gasteiger partial charge in [-0.25, -0.2) is 13.2 Å². The fourth-order valence-corrected chi connectivity index (χ4v) is 3.05. The van der Waals surface area contributed by atoms with Crippen molar-refractivity contribution >= 4 is 41.6 Å². The second-order valence-corrected chi connectivity index (χ2v) is 7.79. The Bertz CT molecular complexity index is 572. The summed E-state index contributed by atoms with van der Waals surface area (Å²) in [5, 5.41) is 0. The Kier molecular flexibility index (Phi) is 6.99. The minimum Gasteiger partial charge on any atom is -0.462 e. The summed E-state index contributed by atoms with van der Waals surface area (Å²) in [4.78, 5) is 11.7. The Morgan fingerprint density at radius 2 is 1.95 bits per heavy atom. The first kappa shape index (κ1) is 17.5. The number of carbonyl (C=O) groups excluding carboxylic acids is 1. The van der Waals surface area contributed by atoms with Gasteiger partial charge < -0.3 is 4.74 Å². The molecule has 0 aromatic heterocycles. The molecule has 0 atom stereocenters. The van der Waals surface area contributed by atoms with Crippen molar-refractivity contribution in [2.24, 2.45) is 0 Å². The number of ether oxygens (including phenoxy) is 1. The van der Waals surface area contributed by atoms with Crippen molar-refractivity contribution in [2.75, 3.05) is 6.61 Å². The monoisotopic (exact) mass is 382 g/mol. The summed E-state index contributed by atoms with van der Waals surface area (Å²) >= 11 is 3.15. The predicted molar refractivity (Wildman–Crippen MR) is 81.6 cm³/mol. The highest BCUT2D eigenvalue weighted by atomic mass is 79.9. The Morgan fingerprint density at radius 1 is 1.25 bits per heavy atom. The summed E-state index contributed by atoms with van der Waals surface area (Å²) in [5.41, 5.74) is 0.161. The SMILES string of the molecule is CCCCCCOC(=O)c1cc(Br)cc(S(=O)(=O)Cl)c1. The van der Waals surface area contributed by atoms with E-state index < -0.39 is 15.0 Å². The van der Waals surface area contributed by atoms with E-state index in [1.807, 2.05) is 0 Å². The molecule has 0 unspecified atom stereocenters. The van der Waals surface area contributed by atoms with E-state index in [-0.39, 0.29) is 10.5 Å². The normalized spacial score (nSPS) is 11.3. The molecule has 0 bridgehead atoms. The van der Waals surface area contributed by atoms with Crippen molar-refractivity contribution in [2.45, 2.75) is 37.5 Å². The summed E-state index contributed by atoms with van der Waals surface area (Å²) in [5.74, 6) is -0.552. The molecule has 0 radical (unpaired) electrons. The molecular weight excluding hydrogens is 368 g/mol. The van der Waals surface area contributed by atoms with Gasteiger partial charge in [0.2, 0.25) is 0 Å². The van der Waals surface area contributed by atoms with Crippen LogP contribution in [-0.2, 0) is 13.8 Å². The first-order valence-corrected chi connectivity index (χ1v) is 9.37. The maximum atomic E-state index is 11.8. The maximum Gasteiger partial charge on any atom is 0.338 e. The van der Waals surface area contributed by atoms with Crippen LogP contribution < -0.4 is 0 Å². The summed E-state index contributed by atoms with van der Waals surface area (Å²) in [6.07, 6.45) is 4.01. The molecule has 1 rings (SSSR count). The number of rotatable bonds is 7. The van der Waals surface area contributed by atoms with Crippen LogP contribution in [-0.4, -0.2) is 21.0 Å². The Hall–Kier alpha value is -0.590. The Labute approximate surface area is 132 Å². The van der Waals surface area contributed by atoms with E-state index in [4.69, 9.17) is 15.4 Å². The number of carbonyl (C=O) groups is 1. The van der Waals surface area contributed by atoms with Crippen molar-refractivity contribution in [3.8, 4) is 0 Å². The third-order valence-corrected chi connectivity index (χ3v) is 4.41. The van der Waals surface area contributed by atoms with Crippen LogP contribution in [0.2, 0.25) is 0 Å². The van der Waals surface area contributed by atoms with Crippen molar-refractivity contribution in [3.05, 3.63) is 28.2 Å². The van der Waals surface area contributed by atoms with Crippen LogP contribution in [0.3, 0.4) is 0 Å². The highest BCUT2D eigenvalue weighted by molar-refractivity contribution is 9.10. The molecule has 4 nitrogen and oxygen atoms in total. The summed E-state index contributed by atoms with van der Waals surface area (Å²) in [6, 6.07) is 4.04. The number of unbranched alkanes of at least 4 members (excludes halogenated alkanes) is 3. The average Bonchev–Trinajstić information content (AvgIpc) is 2.36.